The molecule has 1 saturated carbocycles. The Bertz CT molecular complexity index is 74.6. The first-order valence-corrected chi connectivity index (χ1v) is 4.44. The molecule has 1 atom stereocenters. The zero-order valence-corrected chi connectivity index (χ0v) is 6.82. The van der Waals surface area contributed by atoms with Gasteiger partial charge in [0.15, 0.2) is 0 Å². The van der Waals surface area contributed by atoms with Crippen molar-refractivity contribution in [2.45, 2.75) is 32.6 Å². The Balaban J connectivity index is 2.24. The van der Waals surface area contributed by atoms with Crippen LogP contribution in [0.3, 0.4) is 0 Å². The summed E-state index contributed by atoms with van der Waals surface area (Å²) in [6.07, 6.45) is 5.72. The van der Waals surface area contributed by atoms with E-state index in [4.69, 9.17) is 11.6 Å². The molecule has 1 rings (SSSR count). The van der Waals surface area contributed by atoms with Gasteiger partial charge in [-0.2, -0.15) is 0 Å². The SMILES string of the molecule is CC(CCl)C1CCCC1. The molecular formula is C8H15Cl. The molecule has 0 aromatic heterocycles. The van der Waals surface area contributed by atoms with Crippen LogP contribution in [0, 0.1) is 11.8 Å². The summed E-state index contributed by atoms with van der Waals surface area (Å²) in [6.45, 7) is 2.27. The van der Waals surface area contributed by atoms with Crippen molar-refractivity contribution in [2.24, 2.45) is 11.8 Å². The van der Waals surface area contributed by atoms with Crippen molar-refractivity contribution in [3.05, 3.63) is 0 Å². The van der Waals surface area contributed by atoms with Crippen molar-refractivity contribution in [3.8, 4) is 0 Å². The van der Waals surface area contributed by atoms with Gasteiger partial charge in [-0.05, 0) is 11.8 Å². The van der Waals surface area contributed by atoms with Gasteiger partial charge in [-0.25, -0.2) is 0 Å². The summed E-state index contributed by atoms with van der Waals surface area (Å²) in [7, 11) is 0. The Morgan fingerprint density at radius 2 is 2.00 bits per heavy atom. The van der Waals surface area contributed by atoms with Gasteiger partial charge in [0.05, 0.1) is 0 Å². The standard InChI is InChI=1S/C8H15Cl/c1-7(6-9)8-4-2-3-5-8/h7-8H,2-6H2,1H3. The molecule has 0 radical (unpaired) electrons. The molecule has 0 saturated heterocycles. The van der Waals surface area contributed by atoms with Crippen LogP contribution in [-0.2, 0) is 0 Å². The maximum absolute atomic E-state index is 5.73. The predicted molar refractivity (Wildman–Crippen MR) is 41.8 cm³/mol. The van der Waals surface area contributed by atoms with E-state index in [1.807, 2.05) is 0 Å². The lowest BCUT2D eigenvalue weighted by molar-refractivity contribution is 0.400. The van der Waals surface area contributed by atoms with Crippen LogP contribution < -0.4 is 0 Å². The van der Waals surface area contributed by atoms with E-state index < -0.39 is 0 Å². The molecule has 9 heavy (non-hydrogen) atoms. The minimum Gasteiger partial charge on any atom is -0.126 e. The van der Waals surface area contributed by atoms with Crippen LogP contribution in [0.2, 0.25) is 0 Å². The van der Waals surface area contributed by atoms with Gasteiger partial charge in [-0.1, -0.05) is 32.6 Å². The largest absolute Gasteiger partial charge is 0.126 e. The quantitative estimate of drug-likeness (QED) is 0.526. The van der Waals surface area contributed by atoms with Crippen LogP contribution >= 0.6 is 11.6 Å². The van der Waals surface area contributed by atoms with Crippen molar-refractivity contribution in [2.75, 3.05) is 5.88 Å². The first-order chi connectivity index (χ1) is 4.34. The van der Waals surface area contributed by atoms with Crippen molar-refractivity contribution in [1.29, 1.82) is 0 Å². The van der Waals surface area contributed by atoms with Gasteiger partial charge in [-0.15, -0.1) is 11.6 Å². The van der Waals surface area contributed by atoms with E-state index in [1.165, 1.54) is 25.7 Å². The second-order valence-electron chi connectivity index (χ2n) is 3.18. The Morgan fingerprint density at radius 3 is 2.44 bits per heavy atom. The lowest BCUT2D eigenvalue weighted by atomic mass is 9.95. The van der Waals surface area contributed by atoms with Crippen LogP contribution in [-0.4, -0.2) is 5.88 Å². The van der Waals surface area contributed by atoms with Crippen LogP contribution in [0.15, 0.2) is 0 Å². The van der Waals surface area contributed by atoms with E-state index in [-0.39, 0.29) is 0 Å². The van der Waals surface area contributed by atoms with Crippen molar-refractivity contribution in [1.82, 2.24) is 0 Å². The Kier molecular flexibility index (Phi) is 2.84. The zero-order valence-electron chi connectivity index (χ0n) is 6.07. The van der Waals surface area contributed by atoms with Crippen molar-refractivity contribution in [3.63, 3.8) is 0 Å². The van der Waals surface area contributed by atoms with E-state index in [2.05, 4.69) is 6.92 Å². The first-order valence-electron chi connectivity index (χ1n) is 3.90. The van der Waals surface area contributed by atoms with E-state index in [0.29, 0.717) is 0 Å². The maximum Gasteiger partial charge on any atom is 0.0251 e. The highest BCUT2D eigenvalue weighted by molar-refractivity contribution is 6.18. The highest BCUT2D eigenvalue weighted by Gasteiger charge is 2.19. The third-order valence-corrected chi connectivity index (χ3v) is 2.93. The molecule has 0 spiro atoms. The fourth-order valence-electron chi connectivity index (χ4n) is 1.65. The summed E-state index contributed by atoms with van der Waals surface area (Å²) in [5, 5.41) is 0. The van der Waals surface area contributed by atoms with Gasteiger partial charge in [0, 0.05) is 5.88 Å². The molecule has 1 fully saturated rings. The fourth-order valence-corrected chi connectivity index (χ4v) is 1.90. The molecule has 0 bridgehead atoms. The van der Waals surface area contributed by atoms with Crippen LogP contribution in [0.25, 0.3) is 0 Å². The van der Waals surface area contributed by atoms with Crippen molar-refractivity contribution >= 4 is 11.6 Å². The number of rotatable bonds is 2. The van der Waals surface area contributed by atoms with Crippen molar-refractivity contribution < 1.29 is 0 Å². The number of hydrogen-bond acceptors (Lipinski definition) is 0. The third kappa shape index (κ3) is 1.86. The molecule has 0 N–H and O–H groups in total. The second-order valence-corrected chi connectivity index (χ2v) is 3.48. The van der Waals surface area contributed by atoms with Crippen LogP contribution in [0.1, 0.15) is 32.6 Å². The smallest absolute Gasteiger partial charge is 0.0251 e. The molecule has 1 aliphatic rings. The van der Waals surface area contributed by atoms with E-state index in [0.717, 1.165) is 17.7 Å². The normalized spacial score (nSPS) is 24.7. The number of hydrogen-bond donors (Lipinski definition) is 0. The molecule has 1 unspecified atom stereocenters. The van der Waals surface area contributed by atoms with E-state index in [9.17, 15) is 0 Å². The highest BCUT2D eigenvalue weighted by Crippen LogP contribution is 2.31. The molecule has 0 aromatic rings. The monoisotopic (exact) mass is 146 g/mol. The molecule has 54 valence electrons. The highest BCUT2D eigenvalue weighted by atomic mass is 35.5. The molecule has 0 aromatic carbocycles. The molecule has 0 nitrogen and oxygen atoms in total. The molecule has 0 heterocycles. The van der Waals surface area contributed by atoms with Gasteiger partial charge in [0.2, 0.25) is 0 Å². The molecule has 0 aliphatic heterocycles. The summed E-state index contributed by atoms with van der Waals surface area (Å²) in [6, 6.07) is 0. The van der Waals surface area contributed by atoms with Gasteiger partial charge in [0.25, 0.3) is 0 Å². The summed E-state index contributed by atoms with van der Waals surface area (Å²) in [5.41, 5.74) is 0. The van der Waals surface area contributed by atoms with Gasteiger partial charge < -0.3 is 0 Å². The average Bonchev–Trinajstić information content (AvgIpc) is 2.37. The Labute approximate surface area is 62.6 Å². The van der Waals surface area contributed by atoms with E-state index in [1.54, 1.807) is 0 Å². The minimum atomic E-state index is 0.758. The third-order valence-electron chi connectivity index (χ3n) is 2.45. The molecular weight excluding hydrogens is 132 g/mol. The lowest BCUT2D eigenvalue weighted by Crippen LogP contribution is -2.08. The van der Waals surface area contributed by atoms with Gasteiger partial charge >= 0.3 is 0 Å². The minimum absolute atomic E-state index is 0.758. The van der Waals surface area contributed by atoms with E-state index >= 15 is 0 Å². The summed E-state index contributed by atoms with van der Waals surface area (Å²) < 4.78 is 0. The zero-order chi connectivity index (χ0) is 6.69. The van der Waals surface area contributed by atoms with Crippen LogP contribution in [0.5, 0.6) is 0 Å². The summed E-state index contributed by atoms with van der Waals surface area (Å²) in [5.74, 6) is 2.56. The van der Waals surface area contributed by atoms with Gasteiger partial charge in [0.1, 0.15) is 0 Å². The summed E-state index contributed by atoms with van der Waals surface area (Å²) >= 11 is 5.73. The first kappa shape index (κ1) is 7.40. The molecule has 0 amide bonds. The maximum atomic E-state index is 5.73. The second kappa shape index (κ2) is 3.46. The molecule has 1 aliphatic carbocycles. The average molecular weight is 147 g/mol. The van der Waals surface area contributed by atoms with Crippen LogP contribution in [0.4, 0.5) is 0 Å². The Morgan fingerprint density at radius 1 is 1.44 bits per heavy atom. The topological polar surface area (TPSA) is 0 Å². The predicted octanol–water partition coefficient (Wildman–Crippen LogP) is 3.05. The number of halogens is 1. The number of alkyl halides is 1. The fraction of sp³-hybridized carbons (Fsp3) is 1.00. The molecule has 1 heteroatoms. The van der Waals surface area contributed by atoms with Gasteiger partial charge in [-0.3, -0.25) is 0 Å². The summed E-state index contributed by atoms with van der Waals surface area (Å²) in [4.78, 5) is 0. The lowest BCUT2D eigenvalue weighted by Gasteiger charge is -2.14. The Hall–Kier alpha value is 0.290.